The van der Waals surface area contributed by atoms with E-state index in [4.69, 9.17) is 22.1 Å². The molecule has 3 aromatic rings. The lowest BCUT2D eigenvalue weighted by molar-refractivity contribution is -0.121. The Bertz CT molecular complexity index is 1300. The number of hydrogen-bond acceptors (Lipinski definition) is 6. The summed E-state index contributed by atoms with van der Waals surface area (Å²) in [5.41, 5.74) is 7.49. The first-order chi connectivity index (χ1) is 15.1. The minimum atomic E-state index is -3.61. The van der Waals surface area contributed by atoms with E-state index in [1.165, 1.54) is 10.9 Å². The predicted octanol–water partition coefficient (Wildman–Crippen LogP) is 2.76. The van der Waals surface area contributed by atoms with Gasteiger partial charge in [0.25, 0.3) is 0 Å². The molecule has 0 spiro atoms. The van der Waals surface area contributed by atoms with E-state index in [0.717, 1.165) is 22.9 Å². The zero-order valence-corrected chi connectivity index (χ0v) is 18.5. The van der Waals surface area contributed by atoms with Gasteiger partial charge in [0, 0.05) is 0 Å². The summed E-state index contributed by atoms with van der Waals surface area (Å²) < 4.78 is 31.2. The molecule has 1 fully saturated rings. The summed E-state index contributed by atoms with van der Waals surface area (Å²) in [5, 5.41) is 4.25. The number of benzene rings is 2. The third-order valence-corrected chi connectivity index (χ3v) is 6.04. The quantitative estimate of drug-likeness (QED) is 0.564. The predicted molar refractivity (Wildman–Crippen MR) is 118 cm³/mol. The molecule has 166 valence electrons. The van der Waals surface area contributed by atoms with Gasteiger partial charge in [-0.1, -0.05) is 48.0 Å². The number of nitrogens with one attached hydrogen (secondary N) is 1. The summed E-state index contributed by atoms with van der Waals surface area (Å²) >= 11 is 6.00. The first-order valence-electron chi connectivity index (χ1n) is 9.53. The average molecular weight is 475 g/mol. The Hall–Kier alpha value is -3.37. The van der Waals surface area contributed by atoms with Crippen LogP contribution in [0.3, 0.4) is 0 Å². The Balaban J connectivity index is 1.55. The van der Waals surface area contributed by atoms with Gasteiger partial charge in [-0.3, -0.25) is 9.52 Å². The van der Waals surface area contributed by atoms with E-state index >= 15 is 0 Å². The van der Waals surface area contributed by atoms with Crippen LogP contribution in [0.5, 0.6) is 5.88 Å². The van der Waals surface area contributed by atoms with Crippen LogP contribution in [0.15, 0.2) is 54.7 Å². The number of aromatic nitrogens is 2. The second-order valence-corrected chi connectivity index (χ2v) is 9.70. The molecule has 1 aromatic heterocycles. The van der Waals surface area contributed by atoms with Crippen LogP contribution in [0, 0.1) is 0 Å². The largest absolute Gasteiger partial charge is 0.411 e. The first-order valence-corrected chi connectivity index (χ1v) is 11.8. The van der Waals surface area contributed by atoms with Gasteiger partial charge in [-0.2, -0.15) is 9.78 Å². The van der Waals surface area contributed by atoms with Crippen molar-refractivity contribution < 1.29 is 22.7 Å². The Morgan fingerprint density at radius 2 is 1.66 bits per heavy atom. The molecule has 4 rings (SSSR count). The fourth-order valence-electron chi connectivity index (χ4n) is 3.50. The lowest BCUT2D eigenvalue weighted by atomic mass is 9.93. The van der Waals surface area contributed by atoms with Crippen molar-refractivity contribution in [3.63, 3.8) is 0 Å². The number of ether oxygens (including phenoxy) is 1. The van der Waals surface area contributed by atoms with Crippen LogP contribution in [0.25, 0.3) is 16.8 Å². The molecule has 0 radical (unpaired) electrons. The SMILES string of the molecule is CS(=O)(=O)NC(=O)C1(c2ccc(-c3ccc(-n4ncc(Cl)c4OC(N)=O)cc3)cc2)CC1. The summed E-state index contributed by atoms with van der Waals surface area (Å²) in [6.45, 7) is 0. The van der Waals surface area contributed by atoms with Gasteiger partial charge < -0.3 is 10.5 Å². The molecule has 32 heavy (non-hydrogen) atoms. The van der Waals surface area contributed by atoms with Gasteiger partial charge in [0.05, 0.1) is 23.6 Å². The number of rotatable bonds is 6. The van der Waals surface area contributed by atoms with Crippen molar-refractivity contribution in [3.8, 4) is 22.7 Å². The Kier molecular flexibility index (Phi) is 5.43. The molecule has 1 aliphatic rings. The summed E-state index contributed by atoms with van der Waals surface area (Å²) in [6.07, 6.45) is 2.52. The molecule has 1 saturated carbocycles. The van der Waals surface area contributed by atoms with Crippen LogP contribution >= 0.6 is 11.6 Å². The maximum absolute atomic E-state index is 12.4. The number of carbonyl (C=O) groups excluding carboxylic acids is 2. The van der Waals surface area contributed by atoms with Crippen molar-refractivity contribution in [2.45, 2.75) is 18.3 Å². The second-order valence-electron chi connectivity index (χ2n) is 7.54. The highest BCUT2D eigenvalue weighted by atomic mass is 35.5. The smallest absolute Gasteiger partial charge is 0.390 e. The number of carbonyl (C=O) groups is 2. The first kappa shape index (κ1) is 21.8. The van der Waals surface area contributed by atoms with E-state index in [1.807, 2.05) is 36.4 Å². The number of halogens is 1. The number of primary amides is 1. The van der Waals surface area contributed by atoms with E-state index in [-0.39, 0.29) is 10.9 Å². The number of nitrogens with two attached hydrogens (primary N) is 1. The van der Waals surface area contributed by atoms with Crippen LogP contribution in [0.1, 0.15) is 18.4 Å². The van der Waals surface area contributed by atoms with E-state index in [0.29, 0.717) is 18.5 Å². The van der Waals surface area contributed by atoms with E-state index in [9.17, 15) is 18.0 Å². The summed E-state index contributed by atoms with van der Waals surface area (Å²) in [5.74, 6) is -0.470. The maximum Gasteiger partial charge on any atom is 0.411 e. The standard InChI is InChI=1S/C21H19ClN4O5S/c1-32(29,30)25-19(27)21(10-11-21)15-6-2-13(3-7-15)14-4-8-16(9-5-14)26-18(31-20(23)28)17(22)12-24-26/h2-9,12H,10-11H2,1H3,(H2,23,28)(H,25,27). The number of nitrogens with zero attached hydrogens (tertiary/aromatic N) is 2. The summed E-state index contributed by atoms with van der Waals surface area (Å²) in [4.78, 5) is 23.5. The van der Waals surface area contributed by atoms with Crippen LogP contribution in [-0.2, 0) is 20.2 Å². The van der Waals surface area contributed by atoms with Crippen molar-refractivity contribution in [2.75, 3.05) is 6.26 Å². The topological polar surface area (TPSA) is 133 Å². The van der Waals surface area contributed by atoms with Crippen LogP contribution in [0.2, 0.25) is 5.02 Å². The number of hydrogen-bond donors (Lipinski definition) is 2. The Morgan fingerprint density at radius 1 is 1.09 bits per heavy atom. The molecule has 0 bridgehead atoms. The molecule has 9 nitrogen and oxygen atoms in total. The van der Waals surface area contributed by atoms with Gasteiger partial charge in [-0.25, -0.2) is 13.2 Å². The second kappa shape index (κ2) is 7.95. The summed E-state index contributed by atoms with van der Waals surface area (Å²) in [6, 6.07) is 14.7. The van der Waals surface area contributed by atoms with Gasteiger partial charge in [-0.05, 0) is 41.7 Å². The minimum absolute atomic E-state index is 0.0263. The van der Waals surface area contributed by atoms with Crippen molar-refractivity contribution >= 4 is 33.6 Å². The maximum atomic E-state index is 12.4. The fourth-order valence-corrected chi connectivity index (χ4v) is 4.20. The van der Waals surface area contributed by atoms with Crippen LogP contribution < -0.4 is 15.2 Å². The Labute approximate surface area is 189 Å². The molecule has 0 saturated heterocycles. The average Bonchev–Trinajstić information content (AvgIpc) is 3.47. The van der Waals surface area contributed by atoms with Crippen molar-refractivity contribution in [2.24, 2.45) is 5.73 Å². The van der Waals surface area contributed by atoms with Gasteiger partial charge in [0.1, 0.15) is 5.02 Å². The van der Waals surface area contributed by atoms with Crippen molar-refractivity contribution in [3.05, 3.63) is 65.3 Å². The van der Waals surface area contributed by atoms with E-state index in [2.05, 4.69) is 9.82 Å². The molecular formula is C21H19ClN4O5S. The molecule has 0 unspecified atom stereocenters. The lowest BCUT2D eigenvalue weighted by Crippen LogP contribution is -2.38. The van der Waals surface area contributed by atoms with Gasteiger partial charge in [0.15, 0.2) is 0 Å². The molecule has 0 atom stereocenters. The van der Waals surface area contributed by atoms with E-state index < -0.39 is 27.4 Å². The molecule has 1 aliphatic carbocycles. The fraction of sp³-hybridized carbons (Fsp3) is 0.190. The molecule has 11 heteroatoms. The van der Waals surface area contributed by atoms with Gasteiger partial charge in [0.2, 0.25) is 21.8 Å². The molecule has 2 amide bonds. The highest BCUT2D eigenvalue weighted by molar-refractivity contribution is 7.89. The molecule has 1 heterocycles. The zero-order valence-electron chi connectivity index (χ0n) is 16.9. The zero-order chi connectivity index (χ0) is 23.1. The molecule has 2 aromatic carbocycles. The van der Waals surface area contributed by atoms with Crippen molar-refractivity contribution in [1.29, 1.82) is 0 Å². The van der Waals surface area contributed by atoms with Gasteiger partial charge in [-0.15, -0.1) is 0 Å². The van der Waals surface area contributed by atoms with Crippen molar-refractivity contribution in [1.82, 2.24) is 14.5 Å². The highest BCUT2D eigenvalue weighted by Gasteiger charge is 2.51. The third kappa shape index (κ3) is 4.32. The van der Waals surface area contributed by atoms with Gasteiger partial charge >= 0.3 is 6.09 Å². The lowest BCUT2D eigenvalue weighted by Gasteiger charge is -2.15. The summed E-state index contributed by atoms with van der Waals surface area (Å²) in [7, 11) is -3.61. The minimum Gasteiger partial charge on any atom is -0.390 e. The molecule has 0 aliphatic heterocycles. The highest BCUT2D eigenvalue weighted by Crippen LogP contribution is 2.48. The number of amides is 2. The van der Waals surface area contributed by atoms with Crippen LogP contribution in [-0.4, -0.2) is 36.5 Å². The third-order valence-electron chi connectivity index (χ3n) is 5.23. The van der Waals surface area contributed by atoms with E-state index in [1.54, 1.807) is 12.1 Å². The normalized spacial score (nSPS) is 14.6. The monoisotopic (exact) mass is 474 g/mol. The molecule has 3 N–H and O–H groups in total. The number of sulfonamides is 1. The van der Waals surface area contributed by atoms with Crippen LogP contribution in [0.4, 0.5) is 4.79 Å². The Morgan fingerprint density at radius 3 is 2.16 bits per heavy atom. The molecular weight excluding hydrogens is 456 g/mol.